The Morgan fingerprint density at radius 2 is 1.77 bits per heavy atom. The summed E-state index contributed by atoms with van der Waals surface area (Å²) < 4.78 is 0. The average molecular weight is 352 g/mol. The highest BCUT2D eigenvalue weighted by atomic mass is 16.1. The molecule has 0 saturated carbocycles. The number of hydrogen-bond acceptors (Lipinski definition) is 4. The van der Waals surface area contributed by atoms with Crippen molar-refractivity contribution in [3.63, 3.8) is 0 Å². The van der Waals surface area contributed by atoms with Crippen LogP contribution in [0.15, 0.2) is 48.5 Å². The maximum atomic E-state index is 12.1. The number of benzene rings is 2. The molecule has 3 N–H and O–H groups in total. The number of amides is 1. The van der Waals surface area contributed by atoms with Crippen molar-refractivity contribution in [1.82, 2.24) is 10.2 Å². The minimum atomic E-state index is -0.0778. The first kappa shape index (κ1) is 18.3. The van der Waals surface area contributed by atoms with E-state index in [1.54, 1.807) is 6.07 Å². The van der Waals surface area contributed by atoms with Gasteiger partial charge >= 0.3 is 0 Å². The highest BCUT2D eigenvalue weighted by Crippen LogP contribution is 2.26. The van der Waals surface area contributed by atoms with E-state index in [1.165, 1.54) is 5.56 Å². The van der Waals surface area contributed by atoms with E-state index in [4.69, 9.17) is 5.73 Å². The van der Waals surface area contributed by atoms with Crippen molar-refractivity contribution in [2.24, 2.45) is 0 Å². The summed E-state index contributed by atoms with van der Waals surface area (Å²) in [5.74, 6) is -0.0778. The molecular weight excluding hydrogens is 324 g/mol. The van der Waals surface area contributed by atoms with E-state index in [2.05, 4.69) is 45.4 Å². The first-order valence-electron chi connectivity index (χ1n) is 9.24. The molecule has 0 atom stereocenters. The van der Waals surface area contributed by atoms with Crippen LogP contribution in [0.3, 0.4) is 0 Å². The van der Waals surface area contributed by atoms with Crippen molar-refractivity contribution in [2.75, 3.05) is 36.8 Å². The van der Waals surface area contributed by atoms with Gasteiger partial charge in [-0.3, -0.25) is 9.69 Å². The van der Waals surface area contributed by atoms with Crippen LogP contribution in [-0.2, 0) is 6.54 Å². The smallest absolute Gasteiger partial charge is 0.251 e. The van der Waals surface area contributed by atoms with Gasteiger partial charge in [0.1, 0.15) is 0 Å². The number of nitrogens with one attached hydrogen (secondary N) is 1. The zero-order valence-electron chi connectivity index (χ0n) is 15.6. The van der Waals surface area contributed by atoms with Gasteiger partial charge in [0.15, 0.2) is 0 Å². The van der Waals surface area contributed by atoms with Gasteiger partial charge in [-0.25, -0.2) is 0 Å². The van der Waals surface area contributed by atoms with Crippen LogP contribution in [0.1, 0.15) is 29.8 Å². The number of nitrogens with two attached hydrogens (primary N) is 1. The lowest BCUT2D eigenvalue weighted by molar-refractivity contribution is 0.0943. The number of carbonyl (C=O) groups is 1. The van der Waals surface area contributed by atoms with Gasteiger partial charge in [0.05, 0.1) is 11.4 Å². The van der Waals surface area contributed by atoms with Crippen molar-refractivity contribution in [2.45, 2.75) is 26.4 Å². The average Bonchev–Trinajstić information content (AvgIpc) is 2.63. The lowest BCUT2D eigenvalue weighted by Gasteiger charge is -2.36. The minimum absolute atomic E-state index is 0.0778. The molecule has 0 unspecified atom stereocenters. The van der Waals surface area contributed by atoms with Crippen LogP contribution in [0.2, 0.25) is 0 Å². The third-order valence-corrected chi connectivity index (χ3v) is 4.67. The Morgan fingerprint density at radius 3 is 2.38 bits per heavy atom. The summed E-state index contributed by atoms with van der Waals surface area (Å²) in [5, 5.41) is 2.90. The minimum Gasteiger partial charge on any atom is -0.397 e. The molecule has 1 heterocycles. The van der Waals surface area contributed by atoms with E-state index in [9.17, 15) is 4.79 Å². The number of nitrogen functional groups attached to an aromatic ring is 1. The van der Waals surface area contributed by atoms with Gasteiger partial charge in [-0.1, -0.05) is 30.3 Å². The van der Waals surface area contributed by atoms with Gasteiger partial charge in [0.2, 0.25) is 0 Å². The molecule has 1 fully saturated rings. The summed E-state index contributed by atoms with van der Waals surface area (Å²) in [6, 6.07) is 16.3. The number of anilines is 2. The molecule has 0 aromatic heterocycles. The first-order valence-corrected chi connectivity index (χ1v) is 9.24. The Kier molecular flexibility index (Phi) is 5.78. The SMILES string of the molecule is CC(C)NC(=O)c1ccc(N2CCN(Cc3ccccc3)CC2)c(N)c1. The molecule has 1 saturated heterocycles. The van der Waals surface area contributed by atoms with E-state index in [0.29, 0.717) is 11.3 Å². The Hall–Kier alpha value is -2.53. The fourth-order valence-corrected chi connectivity index (χ4v) is 3.32. The normalized spacial score (nSPS) is 15.3. The largest absolute Gasteiger partial charge is 0.397 e. The molecule has 5 nitrogen and oxygen atoms in total. The van der Waals surface area contributed by atoms with Gasteiger partial charge in [0.25, 0.3) is 5.91 Å². The summed E-state index contributed by atoms with van der Waals surface area (Å²) >= 11 is 0. The standard InChI is InChI=1S/C21H28N4O/c1-16(2)23-21(26)18-8-9-20(19(22)14-18)25-12-10-24(11-13-25)15-17-6-4-3-5-7-17/h3-9,14,16H,10-13,15,22H2,1-2H3,(H,23,26). The van der Waals surface area contributed by atoms with Gasteiger partial charge in [-0.05, 0) is 37.6 Å². The third-order valence-electron chi connectivity index (χ3n) is 4.67. The van der Waals surface area contributed by atoms with Crippen LogP contribution in [0.25, 0.3) is 0 Å². The number of piperazine rings is 1. The highest BCUT2D eigenvalue weighted by Gasteiger charge is 2.19. The predicted molar refractivity (Wildman–Crippen MR) is 107 cm³/mol. The second kappa shape index (κ2) is 8.23. The molecule has 2 aromatic carbocycles. The maximum absolute atomic E-state index is 12.1. The van der Waals surface area contributed by atoms with Crippen molar-refractivity contribution >= 4 is 17.3 Å². The van der Waals surface area contributed by atoms with Crippen molar-refractivity contribution in [1.29, 1.82) is 0 Å². The Bertz CT molecular complexity index is 737. The van der Waals surface area contributed by atoms with E-state index < -0.39 is 0 Å². The number of nitrogens with zero attached hydrogens (tertiary/aromatic N) is 2. The van der Waals surface area contributed by atoms with Crippen LogP contribution >= 0.6 is 0 Å². The zero-order valence-corrected chi connectivity index (χ0v) is 15.6. The predicted octanol–water partition coefficient (Wildman–Crippen LogP) is 2.73. The van der Waals surface area contributed by atoms with Crippen LogP contribution in [-0.4, -0.2) is 43.0 Å². The molecule has 1 aliphatic rings. The molecule has 26 heavy (non-hydrogen) atoms. The van der Waals surface area contributed by atoms with Crippen molar-refractivity contribution in [3.8, 4) is 0 Å². The van der Waals surface area contributed by atoms with Crippen molar-refractivity contribution in [3.05, 3.63) is 59.7 Å². The molecule has 3 rings (SSSR count). The fraction of sp³-hybridized carbons (Fsp3) is 0.381. The monoisotopic (exact) mass is 352 g/mol. The van der Waals surface area contributed by atoms with Gasteiger partial charge in [0, 0.05) is 44.3 Å². The van der Waals surface area contributed by atoms with E-state index in [1.807, 2.05) is 26.0 Å². The molecule has 2 aromatic rings. The highest BCUT2D eigenvalue weighted by molar-refractivity contribution is 5.96. The molecule has 0 aliphatic carbocycles. The number of hydrogen-bond donors (Lipinski definition) is 2. The molecule has 5 heteroatoms. The first-order chi connectivity index (χ1) is 12.5. The summed E-state index contributed by atoms with van der Waals surface area (Å²) in [4.78, 5) is 16.9. The Morgan fingerprint density at radius 1 is 1.08 bits per heavy atom. The molecule has 1 amide bonds. The molecule has 0 bridgehead atoms. The quantitative estimate of drug-likeness (QED) is 0.812. The molecule has 0 spiro atoms. The number of carbonyl (C=O) groups excluding carboxylic acids is 1. The van der Waals surface area contributed by atoms with Gasteiger partial charge in [-0.2, -0.15) is 0 Å². The maximum Gasteiger partial charge on any atom is 0.251 e. The Labute approximate surface area is 155 Å². The summed E-state index contributed by atoms with van der Waals surface area (Å²) in [5.41, 5.74) is 9.89. The Balaban J connectivity index is 1.60. The fourth-order valence-electron chi connectivity index (χ4n) is 3.32. The lowest BCUT2D eigenvalue weighted by Crippen LogP contribution is -2.46. The number of rotatable bonds is 5. The van der Waals surface area contributed by atoms with Crippen LogP contribution in [0, 0.1) is 0 Å². The molecular formula is C21H28N4O. The third kappa shape index (κ3) is 4.55. The zero-order chi connectivity index (χ0) is 18.5. The lowest BCUT2D eigenvalue weighted by atomic mass is 10.1. The van der Waals surface area contributed by atoms with Crippen LogP contribution in [0.4, 0.5) is 11.4 Å². The molecule has 0 radical (unpaired) electrons. The van der Waals surface area contributed by atoms with Crippen LogP contribution in [0.5, 0.6) is 0 Å². The van der Waals surface area contributed by atoms with E-state index in [0.717, 1.165) is 38.4 Å². The van der Waals surface area contributed by atoms with Crippen molar-refractivity contribution < 1.29 is 4.79 Å². The summed E-state index contributed by atoms with van der Waals surface area (Å²) in [6.07, 6.45) is 0. The van der Waals surface area contributed by atoms with Gasteiger partial charge in [-0.15, -0.1) is 0 Å². The second-order valence-corrected chi connectivity index (χ2v) is 7.15. The summed E-state index contributed by atoms with van der Waals surface area (Å²) in [7, 11) is 0. The summed E-state index contributed by atoms with van der Waals surface area (Å²) in [6.45, 7) is 8.77. The van der Waals surface area contributed by atoms with E-state index in [-0.39, 0.29) is 11.9 Å². The molecule has 1 aliphatic heterocycles. The van der Waals surface area contributed by atoms with Gasteiger partial charge < -0.3 is 16.0 Å². The van der Waals surface area contributed by atoms with E-state index >= 15 is 0 Å². The second-order valence-electron chi connectivity index (χ2n) is 7.15. The molecule has 138 valence electrons. The topological polar surface area (TPSA) is 61.6 Å². The van der Waals surface area contributed by atoms with Crippen LogP contribution < -0.4 is 16.0 Å².